The summed E-state index contributed by atoms with van der Waals surface area (Å²) >= 11 is 9.00. The van der Waals surface area contributed by atoms with Crippen molar-refractivity contribution in [2.75, 3.05) is 11.9 Å². The molecule has 3 heterocycles. The Morgan fingerprint density at radius 1 is 1.31 bits per heavy atom. The molecule has 6 nitrogen and oxygen atoms in total. The van der Waals surface area contributed by atoms with Crippen molar-refractivity contribution in [1.82, 2.24) is 10.3 Å². The molecule has 9 heteroatoms. The number of nitrogens with zero attached hydrogens (tertiary/aromatic N) is 1. The summed E-state index contributed by atoms with van der Waals surface area (Å²) < 4.78 is 5.70. The summed E-state index contributed by atoms with van der Waals surface area (Å²) in [6, 6.07) is 9.39. The Morgan fingerprint density at radius 3 is 3.00 bits per heavy atom. The summed E-state index contributed by atoms with van der Waals surface area (Å²) in [5.41, 5.74) is 1.75. The molecule has 4 rings (SSSR count). The smallest absolute Gasteiger partial charge is 0.233 e. The first-order valence-corrected chi connectivity index (χ1v) is 11.1. The average Bonchev–Trinajstić information content (AvgIpc) is 3.35. The van der Waals surface area contributed by atoms with Gasteiger partial charge in [0.25, 0.3) is 0 Å². The molecule has 1 atom stereocenters. The number of carbonyl (C=O) groups is 2. The Bertz CT molecular complexity index is 1060. The quantitative estimate of drug-likeness (QED) is 0.609. The van der Waals surface area contributed by atoms with Gasteiger partial charge in [0.1, 0.15) is 12.4 Å². The number of hydrogen-bond donors (Lipinski definition) is 2. The third kappa shape index (κ3) is 4.77. The number of nitrogens with one attached hydrogen (secondary N) is 2. The van der Waals surface area contributed by atoms with Crippen LogP contribution in [0.4, 0.5) is 5.13 Å². The van der Waals surface area contributed by atoms with E-state index in [-0.39, 0.29) is 17.7 Å². The topological polar surface area (TPSA) is 80.3 Å². The standard InChI is InChI=1S/C20H18ClN3O3S2/c1-11(25)22-8-15-3-5-18(29-15)16-10-28-20(23-16)24-19(26)13-6-12-7-14(21)2-4-17(12)27-9-13/h2-5,7,10,13H,6,8-9H2,1H3,(H,22,25)(H,23,24,26). The number of halogens is 1. The zero-order valence-electron chi connectivity index (χ0n) is 15.5. The number of thiophene rings is 1. The van der Waals surface area contributed by atoms with E-state index in [1.807, 2.05) is 29.6 Å². The number of hydrogen-bond acceptors (Lipinski definition) is 6. The zero-order chi connectivity index (χ0) is 20.4. The molecule has 0 radical (unpaired) electrons. The molecule has 29 heavy (non-hydrogen) atoms. The lowest BCUT2D eigenvalue weighted by atomic mass is 9.96. The summed E-state index contributed by atoms with van der Waals surface area (Å²) in [6.45, 7) is 2.32. The summed E-state index contributed by atoms with van der Waals surface area (Å²) in [7, 11) is 0. The molecule has 1 aliphatic rings. The molecule has 1 aliphatic heterocycles. The van der Waals surface area contributed by atoms with Gasteiger partial charge in [0, 0.05) is 22.2 Å². The molecule has 1 unspecified atom stereocenters. The van der Waals surface area contributed by atoms with Gasteiger partial charge < -0.3 is 15.4 Å². The van der Waals surface area contributed by atoms with Gasteiger partial charge >= 0.3 is 0 Å². The van der Waals surface area contributed by atoms with Crippen molar-refractivity contribution >= 4 is 51.2 Å². The number of thiazole rings is 1. The molecule has 2 amide bonds. The summed E-state index contributed by atoms with van der Waals surface area (Å²) in [6.07, 6.45) is 0.581. The van der Waals surface area contributed by atoms with E-state index >= 15 is 0 Å². The molecule has 2 N–H and O–H groups in total. The number of aromatic nitrogens is 1. The van der Waals surface area contributed by atoms with Crippen molar-refractivity contribution < 1.29 is 14.3 Å². The monoisotopic (exact) mass is 447 g/mol. The SMILES string of the molecule is CC(=O)NCc1ccc(-c2csc(NC(=O)C3COc4ccc(Cl)cc4C3)n2)s1. The highest BCUT2D eigenvalue weighted by Crippen LogP contribution is 2.32. The van der Waals surface area contributed by atoms with Gasteiger partial charge in [-0.1, -0.05) is 11.6 Å². The molecule has 3 aromatic rings. The minimum absolute atomic E-state index is 0.0600. The Balaban J connectivity index is 1.39. The van der Waals surface area contributed by atoms with Crippen LogP contribution in [0, 0.1) is 5.92 Å². The fourth-order valence-corrected chi connectivity index (χ4v) is 4.90. The van der Waals surface area contributed by atoms with Crippen LogP contribution in [-0.2, 0) is 22.6 Å². The fourth-order valence-electron chi connectivity index (χ4n) is 3.01. The molecule has 1 aromatic carbocycles. The third-order valence-corrected chi connectivity index (χ3v) is 6.56. The maximum absolute atomic E-state index is 12.7. The molecule has 0 fully saturated rings. The first kappa shape index (κ1) is 19.9. The van der Waals surface area contributed by atoms with Crippen LogP contribution in [0.3, 0.4) is 0 Å². The lowest BCUT2D eigenvalue weighted by Crippen LogP contribution is -2.32. The molecule has 0 aliphatic carbocycles. The number of benzene rings is 1. The van der Waals surface area contributed by atoms with Crippen LogP contribution in [-0.4, -0.2) is 23.4 Å². The molecule has 0 spiro atoms. The molecular weight excluding hydrogens is 430 g/mol. The number of ether oxygens (including phenoxy) is 1. The van der Waals surface area contributed by atoms with Crippen LogP contribution in [0.1, 0.15) is 17.4 Å². The second kappa shape index (κ2) is 8.52. The van der Waals surface area contributed by atoms with Crippen LogP contribution < -0.4 is 15.4 Å². The van der Waals surface area contributed by atoms with Crippen molar-refractivity contribution in [2.24, 2.45) is 5.92 Å². The van der Waals surface area contributed by atoms with E-state index in [0.717, 1.165) is 26.8 Å². The average molecular weight is 448 g/mol. The Labute approximate surface area is 180 Å². The first-order chi connectivity index (χ1) is 14.0. The number of carbonyl (C=O) groups excluding carboxylic acids is 2. The van der Waals surface area contributed by atoms with E-state index in [1.54, 1.807) is 17.4 Å². The Kier molecular flexibility index (Phi) is 5.84. The van der Waals surface area contributed by atoms with Gasteiger partial charge in [-0.05, 0) is 42.3 Å². The van der Waals surface area contributed by atoms with Gasteiger partial charge in [0.2, 0.25) is 11.8 Å². The number of fused-ring (bicyclic) bond motifs is 1. The maximum atomic E-state index is 12.7. The highest BCUT2D eigenvalue weighted by atomic mass is 35.5. The summed E-state index contributed by atoms with van der Waals surface area (Å²) in [4.78, 5) is 30.3. The number of anilines is 1. The Morgan fingerprint density at radius 2 is 2.17 bits per heavy atom. The predicted octanol–water partition coefficient (Wildman–Crippen LogP) is 4.35. The summed E-state index contributed by atoms with van der Waals surface area (Å²) in [5.74, 6) is 0.311. The van der Waals surface area contributed by atoms with Crippen molar-refractivity contribution in [3.8, 4) is 16.3 Å². The van der Waals surface area contributed by atoms with Crippen LogP contribution in [0.5, 0.6) is 5.75 Å². The van der Waals surface area contributed by atoms with E-state index < -0.39 is 0 Å². The summed E-state index contributed by atoms with van der Waals surface area (Å²) in [5, 5.41) is 8.78. The molecule has 150 valence electrons. The van der Waals surface area contributed by atoms with Crippen molar-refractivity contribution in [2.45, 2.75) is 19.9 Å². The van der Waals surface area contributed by atoms with Crippen molar-refractivity contribution in [3.05, 3.63) is 51.2 Å². The minimum atomic E-state index is -0.292. The van der Waals surface area contributed by atoms with E-state index in [0.29, 0.717) is 29.7 Å². The largest absolute Gasteiger partial charge is 0.492 e. The van der Waals surface area contributed by atoms with Crippen molar-refractivity contribution in [1.29, 1.82) is 0 Å². The molecule has 2 aromatic heterocycles. The fraction of sp³-hybridized carbons (Fsp3) is 0.250. The van der Waals surface area contributed by atoms with Gasteiger partial charge in [-0.3, -0.25) is 9.59 Å². The Hall–Kier alpha value is -2.42. The second-order valence-electron chi connectivity index (χ2n) is 6.67. The highest BCUT2D eigenvalue weighted by molar-refractivity contribution is 7.17. The van der Waals surface area contributed by atoms with E-state index in [1.165, 1.54) is 18.3 Å². The van der Waals surface area contributed by atoms with Crippen LogP contribution >= 0.6 is 34.3 Å². The van der Waals surface area contributed by atoms with Gasteiger partial charge in [-0.15, -0.1) is 22.7 Å². The lowest BCUT2D eigenvalue weighted by molar-refractivity contribution is -0.121. The van der Waals surface area contributed by atoms with E-state index in [4.69, 9.17) is 16.3 Å². The number of rotatable bonds is 5. The van der Waals surface area contributed by atoms with E-state index in [9.17, 15) is 9.59 Å². The molecule has 0 saturated heterocycles. The van der Waals surface area contributed by atoms with Crippen LogP contribution in [0.2, 0.25) is 5.02 Å². The second-order valence-corrected chi connectivity index (χ2v) is 9.13. The predicted molar refractivity (Wildman–Crippen MR) is 116 cm³/mol. The molecular formula is C20H18ClN3O3S2. The minimum Gasteiger partial charge on any atom is -0.492 e. The normalized spacial score (nSPS) is 15.3. The third-order valence-electron chi connectivity index (χ3n) is 4.46. The van der Waals surface area contributed by atoms with Crippen LogP contribution in [0.25, 0.3) is 10.6 Å². The molecule has 0 saturated carbocycles. The molecule has 0 bridgehead atoms. The van der Waals surface area contributed by atoms with Gasteiger partial charge in [-0.2, -0.15) is 0 Å². The highest BCUT2D eigenvalue weighted by Gasteiger charge is 2.27. The maximum Gasteiger partial charge on any atom is 0.233 e. The van der Waals surface area contributed by atoms with Gasteiger partial charge in [0.05, 0.1) is 23.0 Å². The number of amides is 2. The van der Waals surface area contributed by atoms with Gasteiger partial charge in [0.15, 0.2) is 5.13 Å². The first-order valence-electron chi connectivity index (χ1n) is 8.99. The van der Waals surface area contributed by atoms with Crippen LogP contribution in [0.15, 0.2) is 35.7 Å². The van der Waals surface area contributed by atoms with E-state index in [2.05, 4.69) is 15.6 Å². The lowest BCUT2D eigenvalue weighted by Gasteiger charge is -2.24. The zero-order valence-corrected chi connectivity index (χ0v) is 17.9. The van der Waals surface area contributed by atoms with Crippen molar-refractivity contribution in [3.63, 3.8) is 0 Å². The van der Waals surface area contributed by atoms with Gasteiger partial charge in [-0.25, -0.2) is 4.98 Å².